The predicted octanol–water partition coefficient (Wildman–Crippen LogP) is 4.20. The number of nitrogens with zero attached hydrogens (tertiary/aromatic N) is 1. The van der Waals surface area contributed by atoms with Gasteiger partial charge in [-0.15, -0.1) is 0 Å². The van der Waals surface area contributed by atoms with Gasteiger partial charge in [-0.25, -0.2) is 0 Å². The maximum atomic E-state index is 12.8. The van der Waals surface area contributed by atoms with E-state index in [4.69, 9.17) is 9.15 Å². The molecule has 0 saturated carbocycles. The Kier molecular flexibility index (Phi) is 4.41. The molecule has 0 bridgehead atoms. The lowest BCUT2D eigenvalue weighted by Crippen LogP contribution is -2.13. The van der Waals surface area contributed by atoms with Gasteiger partial charge in [0.25, 0.3) is 5.91 Å². The third-order valence-corrected chi connectivity index (χ3v) is 4.24. The summed E-state index contributed by atoms with van der Waals surface area (Å²) < 4.78 is 11.0. The van der Waals surface area contributed by atoms with Gasteiger partial charge in [-0.05, 0) is 35.0 Å². The normalized spacial score (nSPS) is 10.8. The molecule has 7 heteroatoms. The van der Waals surface area contributed by atoms with E-state index in [9.17, 15) is 9.59 Å². The van der Waals surface area contributed by atoms with Crippen LogP contribution in [0.4, 0.5) is 11.7 Å². The number of benzene rings is 3. The Labute approximate surface area is 160 Å². The Morgan fingerprint density at radius 3 is 2.46 bits per heavy atom. The molecule has 0 spiro atoms. The zero-order valence-corrected chi connectivity index (χ0v) is 15.3. The van der Waals surface area contributed by atoms with Crippen molar-refractivity contribution in [3.8, 4) is 5.75 Å². The molecule has 2 N–H and O–H groups in total. The van der Waals surface area contributed by atoms with Crippen LogP contribution in [-0.4, -0.2) is 23.9 Å². The number of hydrogen-bond acceptors (Lipinski definition) is 5. The van der Waals surface area contributed by atoms with Gasteiger partial charge in [-0.2, -0.15) is 4.98 Å². The average Bonchev–Trinajstić information content (AvgIpc) is 3.07. The van der Waals surface area contributed by atoms with Crippen molar-refractivity contribution in [1.29, 1.82) is 0 Å². The van der Waals surface area contributed by atoms with Crippen LogP contribution in [0.3, 0.4) is 0 Å². The van der Waals surface area contributed by atoms with E-state index in [0.29, 0.717) is 28.1 Å². The second kappa shape index (κ2) is 7.03. The highest BCUT2D eigenvalue weighted by atomic mass is 16.5. The molecule has 0 aliphatic heterocycles. The standard InChI is InChI=1S/C21H17N3O4/c1-12(25)22-15-7-8-17-19(11-15)28-21(23-17)24-20(26)16-9-13-5-3-4-6-14(13)10-18(16)27-2/h3-11H,1-2H3,(H,22,25)(H,23,24,26). The van der Waals surface area contributed by atoms with E-state index >= 15 is 0 Å². The maximum Gasteiger partial charge on any atom is 0.302 e. The lowest BCUT2D eigenvalue weighted by atomic mass is 10.1. The predicted molar refractivity (Wildman–Crippen MR) is 107 cm³/mol. The van der Waals surface area contributed by atoms with E-state index in [0.717, 1.165) is 10.8 Å². The Hall–Kier alpha value is -3.87. The third kappa shape index (κ3) is 3.37. The Bertz CT molecular complexity index is 1210. The smallest absolute Gasteiger partial charge is 0.302 e. The van der Waals surface area contributed by atoms with Gasteiger partial charge in [0, 0.05) is 18.7 Å². The summed E-state index contributed by atoms with van der Waals surface area (Å²) in [6.45, 7) is 1.42. The highest BCUT2D eigenvalue weighted by Crippen LogP contribution is 2.28. The molecule has 0 aliphatic rings. The van der Waals surface area contributed by atoms with Crippen molar-refractivity contribution in [2.24, 2.45) is 0 Å². The zero-order valence-electron chi connectivity index (χ0n) is 15.3. The number of carbonyl (C=O) groups is 2. The molecule has 0 saturated heterocycles. The zero-order chi connectivity index (χ0) is 19.7. The first-order valence-electron chi connectivity index (χ1n) is 8.60. The van der Waals surface area contributed by atoms with Crippen LogP contribution < -0.4 is 15.4 Å². The fraction of sp³-hybridized carbons (Fsp3) is 0.0952. The molecule has 1 aromatic heterocycles. The number of hydrogen-bond donors (Lipinski definition) is 2. The highest BCUT2D eigenvalue weighted by Gasteiger charge is 2.17. The van der Waals surface area contributed by atoms with E-state index in [1.165, 1.54) is 14.0 Å². The number of oxazole rings is 1. The highest BCUT2D eigenvalue weighted by molar-refractivity contribution is 6.08. The summed E-state index contributed by atoms with van der Waals surface area (Å²) in [7, 11) is 1.52. The monoisotopic (exact) mass is 375 g/mol. The van der Waals surface area contributed by atoms with Gasteiger partial charge in [-0.3, -0.25) is 14.9 Å². The van der Waals surface area contributed by atoms with E-state index in [-0.39, 0.29) is 11.9 Å². The van der Waals surface area contributed by atoms with E-state index in [1.54, 1.807) is 24.3 Å². The molecular weight excluding hydrogens is 358 g/mol. The molecule has 2 amide bonds. The number of carbonyl (C=O) groups excluding carboxylic acids is 2. The van der Waals surface area contributed by atoms with Gasteiger partial charge in [0.05, 0.1) is 12.7 Å². The number of ether oxygens (including phenoxy) is 1. The van der Waals surface area contributed by atoms with Crippen molar-refractivity contribution in [2.45, 2.75) is 6.92 Å². The summed E-state index contributed by atoms with van der Waals surface area (Å²) in [6.07, 6.45) is 0. The van der Waals surface area contributed by atoms with Crippen molar-refractivity contribution < 1.29 is 18.7 Å². The minimum atomic E-state index is -0.392. The minimum absolute atomic E-state index is 0.0650. The van der Waals surface area contributed by atoms with Gasteiger partial charge in [0.1, 0.15) is 11.3 Å². The lowest BCUT2D eigenvalue weighted by Gasteiger charge is -2.09. The molecule has 4 aromatic rings. The van der Waals surface area contributed by atoms with Crippen molar-refractivity contribution >= 4 is 45.4 Å². The summed E-state index contributed by atoms with van der Waals surface area (Å²) in [4.78, 5) is 28.2. The third-order valence-electron chi connectivity index (χ3n) is 4.24. The molecule has 1 heterocycles. The molecule has 7 nitrogen and oxygen atoms in total. The van der Waals surface area contributed by atoms with E-state index in [2.05, 4.69) is 15.6 Å². The first kappa shape index (κ1) is 17.5. The number of methoxy groups -OCH3 is 1. The fourth-order valence-corrected chi connectivity index (χ4v) is 2.99. The Morgan fingerprint density at radius 2 is 1.75 bits per heavy atom. The minimum Gasteiger partial charge on any atom is -0.496 e. The first-order chi connectivity index (χ1) is 13.5. The number of aromatic nitrogens is 1. The molecule has 0 fully saturated rings. The van der Waals surface area contributed by atoms with Crippen molar-refractivity contribution in [3.63, 3.8) is 0 Å². The summed E-state index contributed by atoms with van der Waals surface area (Å²) in [5.41, 5.74) is 1.98. The maximum absolute atomic E-state index is 12.8. The van der Waals surface area contributed by atoms with Crippen LogP contribution in [0.15, 0.2) is 59.0 Å². The van der Waals surface area contributed by atoms with E-state index in [1.807, 2.05) is 30.3 Å². The molecule has 3 aromatic carbocycles. The van der Waals surface area contributed by atoms with Gasteiger partial charge in [-0.1, -0.05) is 24.3 Å². The molecule has 0 radical (unpaired) electrons. The molecule has 140 valence electrons. The number of anilines is 2. The summed E-state index contributed by atoms with van der Waals surface area (Å²) in [6, 6.07) is 16.4. The van der Waals surface area contributed by atoms with Gasteiger partial charge in [0.2, 0.25) is 5.91 Å². The topological polar surface area (TPSA) is 93.5 Å². The van der Waals surface area contributed by atoms with Gasteiger partial charge < -0.3 is 14.5 Å². The number of rotatable bonds is 4. The molecule has 28 heavy (non-hydrogen) atoms. The molecule has 0 unspecified atom stereocenters. The molecule has 0 atom stereocenters. The second-order valence-corrected chi connectivity index (χ2v) is 6.24. The largest absolute Gasteiger partial charge is 0.496 e. The van der Waals surface area contributed by atoms with Crippen LogP contribution in [0.1, 0.15) is 17.3 Å². The summed E-state index contributed by atoms with van der Waals surface area (Å²) in [5, 5.41) is 7.23. The van der Waals surface area contributed by atoms with Gasteiger partial charge in [0.15, 0.2) is 5.58 Å². The fourth-order valence-electron chi connectivity index (χ4n) is 2.99. The Balaban J connectivity index is 1.64. The average molecular weight is 375 g/mol. The molecule has 0 aliphatic carbocycles. The number of fused-ring (bicyclic) bond motifs is 2. The first-order valence-corrected chi connectivity index (χ1v) is 8.60. The van der Waals surface area contributed by atoms with Crippen LogP contribution in [0.5, 0.6) is 5.75 Å². The summed E-state index contributed by atoms with van der Waals surface area (Å²) in [5.74, 6) is -0.118. The van der Waals surface area contributed by atoms with Crippen LogP contribution in [0.25, 0.3) is 21.9 Å². The quantitative estimate of drug-likeness (QED) is 0.558. The van der Waals surface area contributed by atoms with Crippen molar-refractivity contribution in [3.05, 3.63) is 60.2 Å². The lowest BCUT2D eigenvalue weighted by molar-refractivity contribution is -0.114. The van der Waals surface area contributed by atoms with Crippen molar-refractivity contribution in [2.75, 3.05) is 17.7 Å². The molecular formula is C21H17N3O4. The van der Waals surface area contributed by atoms with Crippen LogP contribution >= 0.6 is 0 Å². The van der Waals surface area contributed by atoms with E-state index < -0.39 is 5.91 Å². The van der Waals surface area contributed by atoms with Crippen LogP contribution in [0, 0.1) is 0 Å². The van der Waals surface area contributed by atoms with Crippen molar-refractivity contribution in [1.82, 2.24) is 4.98 Å². The SMILES string of the molecule is COc1cc2ccccc2cc1C(=O)Nc1nc2ccc(NC(C)=O)cc2o1. The van der Waals surface area contributed by atoms with Gasteiger partial charge >= 0.3 is 6.01 Å². The van der Waals surface area contributed by atoms with Crippen LogP contribution in [0.2, 0.25) is 0 Å². The number of nitrogens with one attached hydrogen (secondary N) is 2. The number of amides is 2. The van der Waals surface area contributed by atoms with Crippen LogP contribution in [-0.2, 0) is 4.79 Å². The Morgan fingerprint density at radius 1 is 1.00 bits per heavy atom. The molecule has 4 rings (SSSR count). The second-order valence-electron chi connectivity index (χ2n) is 6.24. The summed E-state index contributed by atoms with van der Waals surface area (Å²) >= 11 is 0.